The third kappa shape index (κ3) is 1.99. The molecule has 0 radical (unpaired) electrons. The van der Waals surface area contributed by atoms with Gasteiger partial charge in [-0.2, -0.15) is 0 Å². The number of hydrogen-bond donors (Lipinski definition) is 0. The number of fused-ring (bicyclic) bond motifs is 1. The summed E-state index contributed by atoms with van der Waals surface area (Å²) in [5.41, 5.74) is 2.29. The van der Waals surface area contributed by atoms with Gasteiger partial charge in [-0.05, 0) is 50.4 Å². The molecule has 0 amide bonds. The third-order valence-electron chi connectivity index (χ3n) is 4.62. The van der Waals surface area contributed by atoms with Gasteiger partial charge in [0.2, 0.25) is 0 Å². The molecule has 0 saturated heterocycles. The van der Waals surface area contributed by atoms with Crippen molar-refractivity contribution < 1.29 is 4.74 Å². The van der Waals surface area contributed by atoms with Crippen molar-refractivity contribution in [1.82, 2.24) is 0 Å². The summed E-state index contributed by atoms with van der Waals surface area (Å²) in [5.74, 6) is 0.814. The summed E-state index contributed by atoms with van der Waals surface area (Å²) in [7, 11) is 1.86. The number of rotatable bonds is 1. The largest absolute Gasteiger partial charge is 0.378 e. The minimum Gasteiger partial charge on any atom is -0.378 e. The van der Waals surface area contributed by atoms with E-state index in [9.17, 15) is 0 Å². The number of hydrogen-bond acceptors (Lipinski definition) is 1. The molecule has 2 rings (SSSR count). The molecule has 1 nitrogen and oxygen atoms in total. The van der Waals surface area contributed by atoms with Crippen molar-refractivity contribution in [3.05, 3.63) is 11.6 Å². The Balaban J connectivity index is 2.19. The van der Waals surface area contributed by atoms with E-state index in [0.717, 1.165) is 12.3 Å². The van der Waals surface area contributed by atoms with Crippen LogP contribution in [0.15, 0.2) is 11.6 Å². The lowest BCUT2D eigenvalue weighted by atomic mass is 9.61. The Labute approximate surface area is 93.9 Å². The van der Waals surface area contributed by atoms with Crippen LogP contribution in [0.2, 0.25) is 0 Å². The first-order valence-electron chi connectivity index (χ1n) is 6.21. The molecule has 0 bridgehead atoms. The molecule has 2 aliphatic rings. The predicted octanol–water partition coefficient (Wildman–Crippen LogP) is 3.94. The maximum absolute atomic E-state index is 5.65. The van der Waals surface area contributed by atoms with E-state index >= 15 is 0 Å². The molecule has 0 aromatic carbocycles. The summed E-state index contributed by atoms with van der Waals surface area (Å²) in [4.78, 5) is 0. The average Bonchev–Trinajstić information content (AvgIpc) is 2.17. The van der Waals surface area contributed by atoms with E-state index in [2.05, 4.69) is 26.8 Å². The van der Waals surface area contributed by atoms with Crippen LogP contribution in [-0.4, -0.2) is 12.7 Å². The fraction of sp³-hybridized carbons (Fsp3) is 0.857. The van der Waals surface area contributed by atoms with E-state index in [0.29, 0.717) is 5.41 Å². The Kier molecular flexibility index (Phi) is 2.70. The van der Waals surface area contributed by atoms with Crippen LogP contribution in [0, 0.1) is 11.3 Å². The second-order valence-corrected chi connectivity index (χ2v) is 6.23. The Hall–Kier alpha value is -0.300. The van der Waals surface area contributed by atoms with Gasteiger partial charge < -0.3 is 4.74 Å². The Morgan fingerprint density at radius 2 is 2.00 bits per heavy atom. The fourth-order valence-corrected chi connectivity index (χ4v) is 3.36. The molecule has 0 aromatic rings. The van der Waals surface area contributed by atoms with Gasteiger partial charge in [0.05, 0.1) is 5.60 Å². The van der Waals surface area contributed by atoms with Gasteiger partial charge in [-0.25, -0.2) is 0 Å². The molecule has 1 saturated carbocycles. The van der Waals surface area contributed by atoms with Crippen molar-refractivity contribution in [2.45, 2.75) is 58.5 Å². The molecule has 2 aliphatic carbocycles. The molecule has 0 aromatic heterocycles. The van der Waals surface area contributed by atoms with Gasteiger partial charge in [0.15, 0.2) is 0 Å². The van der Waals surface area contributed by atoms with Crippen LogP contribution in [0.4, 0.5) is 0 Å². The van der Waals surface area contributed by atoms with Gasteiger partial charge >= 0.3 is 0 Å². The van der Waals surface area contributed by atoms with Gasteiger partial charge in [-0.3, -0.25) is 0 Å². The highest BCUT2D eigenvalue weighted by molar-refractivity contribution is 5.20. The highest BCUT2D eigenvalue weighted by Gasteiger charge is 2.41. The number of allylic oxidation sites excluding steroid dienone is 1. The predicted molar refractivity (Wildman–Crippen MR) is 63.9 cm³/mol. The molecule has 2 unspecified atom stereocenters. The van der Waals surface area contributed by atoms with E-state index in [1.54, 1.807) is 5.57 Å². The normalized spacial score (nSPS) is 39.5. The molecule has 0 N–H and O–H groups in total. The monoisotopic (exact) mass is 208 g/mol. The molecular weight excluding hydrogens is 184 g/mol. The standard InChI is InChI=1S/C14H24O/c1-13(2)8-5-6-11-10-14(3,15-4)9-7-12(11)13/h6,12H,5,7-10H2,1-4H3. The van der Waals surface area contributed by atoms with Crippen molar-refractivity contribution in [2.75, 3.05) is 7.11 Å². The maximum Gasteiger partial charge on any atom is 0.0688 e. The smallest absolute Gasteiger partial charge is 0.0688 e. The van der Waals surface area contributed by atoms with E-state index in [1.807, 2.05) is 7.11 Å². The Morgan fingerprint density at radius 3 is 2.67 bits per heavy atom. The SMILES string of the molecule is COC1(C)CCC2C(=CCCC2(C)C)C1. The van der Waals surface area contributed by atoms with Crippen molar-refractivity contribution in [3.63, 3.8) is 0 Å². The zero-order valence-electron chi connectivity index (χ0n) is 10.6. The van der Waals surface area contributed by atoms with Crippen LogP contribution in [0.3, 0.4) is 0 Å². The van der Waals surface area contributed by atoms with Gasteiger partial charge in [0.1, 0.15) is 0 Å². The minimum absolute atomic E-state index is 0.107. The first kappa shape index (κ1) is 11.2. The lowest BCUT2D eigenvalue weighted by Crippen LogP contribution is -2.40. The molecule has 0 aliphatic heterocycles. The molecule has 0 heterocycles. The van der Waals surface area contributed by atoms with Crippen LogP contribution >= 0.6 is 0 Å². The van der Waals surface area contributed by atoms with Crippen LogP contribution < -0.4 is 0 Å². The van der Waals surface area contributed by atoms with Crippen molar-refractivity contribution >= 4 is 0 Å². The summed E-state index contributed by atoms with van der Waals surface area (Å²) in [6.07, 6.45) is 8.77. The average molecular weight is 208 g/mol. The summed E-state index contributed by atoms with van der Waals surface area (Å²) in [6.45, 7) is 7.12. The molecule has 1 fully saturated rings. The first-order chi connectivity index (χ1) is 6.97. The Bertz CT molecular complexity index is 277. The quantitative estimate of drug-likeness (QED) is 0.593. The van der Waals surface area contributed by atoms with Crippen LogP contribution in [-0.2, 0) is 4.74 Å². The summed E-state index contributed by atoms with van der Waals surface area (Å²) in [6, 6.07) is 0. The highest BCUT2D eigenvalue weighted by Crippen LogP contribution is 2.50. The molecule has 1 heteroatoms. The molecule has 0 spiro atoms. The maximum atomic E-state index is 5.65. The summed E-state index contributed by atoms with van der Waals surface area (Å²) in [5, 5.41) is 0. The van der Waals surface area contributed by atoms with Gasteiger partial charge in [0, 0.05) is 7.11 Å². The Morgan fingerprint density at radius 1 is 1.27 bits per heavy atom. The van der Waals surface area contributed by atoms with Crippen molar-refractivity contribution in [1.29, 1.82) is 0 Å². The van der Waals surface area contributed by atoms with Gasteiger partial charge in [-0.1, -0.05) is 25.5 Å². The highest BCUT2D eigenvalue weighted by atomic mass is 16.5. The first-order valence-corrected chi connectivity index (χ1v) is 6.21. The molecular formula is C14H24O. The van der Waals surface area contributed by atoms with Gasteiger partial charge in [-0.15, -0.1) is 0 Å². The zero-order chi connectivity index (χ0) is 11.1. The topological polar surface area (TPSA) is 9.23 Å². The van der Waals surface area contributed by atoms with E-state index in [-0.39, 0.29) is 5.60 Å². The number of methoxy groups -OCH3 is 1. The lowest BCUT2D eigenvalue weighted by Gasteiger charge is -2.47. The third-order valence-corrected chi connectivity index (χ3v) is 4.62. The number of ether oxygens (including phenoxy) is 1. The van der Waals surface area contributed by atoms with E-state index in [4.69, 9.17) is 4.74 Å². The second-order valence-electron chi connectivity index (χ2n) is 6.23. The molecule has 15 heavy (non-hydrogen) atoms. The minimum atomic E-state index is 0.107. The van der Waals surface area contributed by atoms with E-state index < -0.39 is 0 Å². The van der Waals surface area contributed by atoms with Crippen LogP contribution in [0.25, 0.3) is 0 Å². The molecule has 2 atom stereocenters. The van der Waals surface area contributed by atoms with Crippen molar-refractivity contribution in [2.24, 2.45) is 11.3 Å². The summed E-state index contributed by atoms with van der Waals surface area (Å²) >= 11 is 0. The second kappa shape index (κ2) is 3.62. The lowest BCUT2D eigenvalue weighted by molar-refractivity contribution is -0.0290. The van der Waals surface area contributed by atoms with Crippen molar-refractivity contribution in [3.8, 4) is 0 Å². The summed E-state index contributed by atoms with van der Waals surface area (Å²) < 4.78 is 5.65. The van der Waals surface area contributed by atoms with Gasteiger partial charge in [0.25, 0.3) is 0 Å². The van der Waals surface area contributed by atoms with Crippen LogP contribution in [0.1, 0.15) is 52.9 Å². The van der Waals surface area contributed by atoms with E-state index in [1.165, 1.54) is 25.7 Å². The fourth-order valence-electron chi connectivity index (χ4n) is 3.36. The zero-order valence-corrected chi connectivity index (χ0v) is 10.6. The van der Waals surface area contributed by atoms with Crippen LogP contribution in [0.5, 0.6) is 0 Å². The molecule has 86 valence electrons.